The molecule has 0 aromatic carbocycles. The lowest BCUT2D eigenvalue weighted by molar-refractivity contribution is 0.322. The monoisotopic (exact) mass is 242 g/mol. The van der Waals surface area contributed by atoms with E-state index in [0.717, 1.165) is 17.7 Å². The molecule has 0 aliphatic carbocycles. The molecule has 0 saturated heterocycles. The molecular formula is C12H19ClN2O. The second-order valence-electron chi connectivity index (χ2n) is 3.81. The van der Waals surface area contributed by atoms with Crippen molar-refractivity contribution in [3.63, 3.8) is 0 Å². The third-order valence-corrected chi connectivity index (χ3v) is 3.01. The molecule has 2 atom stereocenters. The van der Waals surface area contributed by atoms with Crippen LogP contribution in [-0.4, -0.2) is 22.0 Å². The van der Waals surface area contributed by atoms with Crippen molar-refractivity contribution in [3.8, 4) is 5.88 Å². The molecule has 3 nitrogen and oxygen atoms in total. The van der Waals surface area contributed by atoms with Crippen LogP contribution in [-0.2, 0) is 0 Å². The van der Waals surface area contributed by atoms with E-state index >= 15 is 0 Å². The van der Waals surface area contributed by atoms with Crippen LogP contribution in [0.5, 0.6) is 5.88 Å². The van der Waals surface area contributed by atoms with Gasteiger partial charge in [0.2, 0.25) is 5.88 Å². The molecule has 0 N–H and O–H groups in total. The van der Waals surface area contributed by atoms with Crippen LogP contribution < -0.4 is 4.74 Å². The lowest BCUT2D eigenvalue weighted by Crippen LogP contribution is -2.13. The first kappa shape index (κ1) is 13.2. The van der Waals surface area contributed by atoms with Gasteiger partial charge < -0.3 is 4.74 Å². The van der Waals surface area contributed by atoms with Gasteiger partial charge in [-0.15, -0.1) is 11.6 Å². The van der Waals surface area contributed by atoms with Crippen LogP contribution in [0.2, 0.25) is 0 Å². The van der Waals surface area contributed by atoms with E-state index in [1.807, 2.05) is 20.8 Å². The molecule has 0 aliphatic rings. The molecule has 1 rings (SSSR count). The summed E-state index contributed by atoms with van der Waals surface area (Å²) in [6.45, 7) is 8.67. The highest BCUT2D eigenvalue weighted by molar-refractivity contribution is 6.20. The van der Waals surface area contributed by atoms with Gasteiger partial charge in [0, 0.05) is 16.9 Å². The highest BCUT2D eigenvalue weighted by Gasteiger charge is 2.21. The molecule has 0 bridgehead atoms. The molecule has 0 radical (unpaired) electrons. The summed E-state index contributed by atoms with van der Waals surface area (Å²) in [6, 6.07) is 0. The van der Waals surface area contributed by atoms with Crippen molar-refractivity contribution < 1.29 is 4.74 Å². The number of nitrogens with zero attached hydrogens (tertiary/aromatic N) is 2. The largest absolute Gasteiger partial charge is 0.478 e. The summed E-state index contributed by atoms with van der Waals surface area (Å²) >= 11 is 6.18. The zero-order valence-electron chi connectivity index (χ0n) is 10.3. The summed E-state index contributed by atoms with van der Waals surface area (Å²) in [4.78, 5) is 8.47. The molecule has 1 aromatic rings. The smallest absolute Gasteiger partial charge is 0.219 e. The first-order valence-corrected chi connectivity index (χ1v) is 6.13. The van der Waals surface area contributed by atoms with E-state index in [-0.39, 0.29) is 11.3 Å². The molecule has 0 spiro atoms. The molecule has 2 unspecified atom stereocenters. The van der Waals surface area contributed by atoms with Crippen LogP contribution in [0.3, 0.4) is 0 Å². The Morgan fingerprint density at radius 2 is 2.06 bits per heavy atom. The Labute approximate surface area is 102 Å². The second-order valence-corrected chi connectivity index (χ2v) is 4.50. The first-order valence-electron chi connectivity index (χ1n) is 5.70. The summed E-state index contributed by atoms with van der Waals surface area (Å²) in [5.41, 5.74) is 2.01. The van der Waals surface area contributed by atoms with Gasteiger partial charge in [0.05, 0.1) is 12.3 Å². The Morgan fingerprint density at radius 1 is 1.38 bits per heavy atom. The van der Waals surface area contributed by atoms with E-state index in [0.29, 0.717) is 12.5 Å². The standard InChI is InChI=1S/C12H19ClN2O/c1-5-10(9(4)13)11-8(3)12(16-6-2)15-7-14-11/h7,9-10H,5-6H2,1-4H3. The maximum absolute atomic E-state index is 6.18. The van der Waals surface area contributed by atoms with Crippen LogP contribution in [0.1, 0.15) is 44.4 Å². The third kappa shape index (κ3) is 2.85. The van der Waals surface area contributed by atoms with Gasteiger partial charge >= 0.3 is 0 Å². The molecule has 0 aliphatic heterocycles. The van der Waals surface area contributed by atoms with Crippen LogP contribution in [0.15, 0.2) is 6.33 Å². The predicted molar refractivity (Wildman–Crippen MR) is 66.3 cm³/mol. The lowest BCUT2D eigenvalue weighted by atomic mass is 9.95. The molecular weight excluding hydrogens is 224 g/mol. The van der Waals surface area contributed by atoms with Gasteiger partial charge in [-0.1, -0.05) is 6.92 Å². The average Bonchev–Trinajstić information content (AvgIpc) is 2.24. The van der Waals surface area contributed by atoms with E-state index in [9.17, 15) is 0 Å². The van der Waals surface area contributed by atoms with Crippen molar-refractivity contribution >= 4 is 11.6 Å². The summed E-state index contributed by atoms with van der Waals surface area (Å²) in [7, 11) is 0. The number of ether oxygens (including phenoxy) is 1. The first-order chi connectivity index (χ1) is 7.61. The Morgan fingerprint density at radius 3 is 2.56 bits per heavy atom. The van der Waals surface area contributed by atoms with Crippen molar-refractivity contribution in [1.82, 2.24) is 9.97 Å². The fraction of sp³-hybridized carbons (Fsp3) is 0.667. The zero-order chi connectivity index (χ0) is 12.1. The zero-order valence-corrected chi connectivity index (χ0v) is 11.1. The quantitative estimate of drug-likeness (QED) is 0.743. The molecule has 0 amide bonds. The van der Waals surface area contributed by atoms with E-state index in [1.165, 1.54) is 0 Å². The van der Waals surface area contributed by atoms with Crippen molar-refractivity contribution in [2.75, 3.05) is 6.61 Å². The minimum atomic E-state index is 0.0630. The van der Waals surface area contributed by atoms with Gasteiger partial charge in [-0.25, -0.2) is 9.97 Å². The predicted octanol–water partition coefficient (Wildman–Crippen LogP) is 3.30. The maximum Gasteiger partial charge on any atom is 0.219 e. The summed E-state index contributed by atoms with van der Waals surface area (Å²) in [5, 5.41) is 0.0630. The van der Waals surface area contributed by atoms with E-state index in [1.54, 1.807) is 6.33 Å². The highest BCUT2D eigenvalue weighted by Crippen LogP contribution is 2.30. The Hall–Kier alpha value is -0.830. The number of alkyl halides is 1. The van der Waals surface area contributed by atoms with Gasteiger partial charge in [0.1, 0.15) is 6.33 Å². The SMILES string of the molecule is CCOc1ncnc(C(CC)C(C)Cl)c1C. The topological polar surface area (TPSA) is 35.0 Å². The van der Waals surface area contributed by atoms with E-state index in [2.05, 4.69) is 16.9 Å². The Bertz CT molecular complexity index is 342. The Kier molecular flexibility index (Phi) is 5.00. The number of rotatable bonds is 5. The molecule has 16 heavy (non-hydrogen) atoms. The molecule has 1 heterocycles. The molecule has 4 heteroatoms. The van der Waals surface area contributed by atoms with Gasteiger partial charge in [-0.05, 0) is 27.2 Å². The summed E-state index contributed by atoms with van der Waals surface area (Å²) < 4.78 is 5.46. The number of halogens is 1. The van der Waals surface area contributed by atoms with Gasteiger partial charge in [0.15, 0.2) is 0 Å². The molecule has 1 aromatic heterocycles. The highest BCUT2D eigenvalue weighted by atomic mass is 35.5. The molecule has 0 fully saturated rings. The van der Waals surface area contributed by atoms with E-state index in [4.69, 9.17) is 16.3 Å². The number of hydrogen-bond acceptors (Lipinski definition) is 3. The van der Waals surface area contributed by atoms with Crippen LogP contribution in [0, 0.1) is 6.92 Å². The average molecular weight is 243 g/mol. The number of aromatic nitrogens is 2. The summed E-state index contributed by atoms with van der Waals surface area (Å²) in [6.07, 6.45) is 2.52. The van der Waals surface area contributed by atoms with Crippen LogP contribution in [0.25, 0.3) is 0 Å². The van der Waals surface area contributed by atoms with Gasteiger partial charge in [0.25, 0.3) is 0 Å². The van der Waals surface area contributed by atoms with Crippen molar-refractivity contribution in [2.45, 2.75) is 45.4 Å². The van der Waals surface area contributed by atoms with Gasteiger partial charge in [-0.3, -0.25) is 0 Å². The minimum absolute atomic E-state index is 0.0630. The maximum atomic E-state index is 6.18. The van der Waals surface area contributed by atoms with Crippen LogP contribution in [0.4, 0.5) is 0 Å². The second kappa shape index (κ2) is 6.04. The van der Waals surface area contributed by atoms with Crippen LogP contribution >= 0.6 is 11.6 Å². The normalized spacial score (nSPS) is 14.6. The fourth-order valence-electron chi connectivity index (χ4n) is 1.84. The lowest BCUT2D eigenvalue weighted by Gasteiger charge is -2.19. The fourth-order valence-corrected chi connectivity index (χ4v) is 2.14. The van der Waals surface area contributed by atoms with Crippen molar-refractivity contribution in [3.05, 3.63) is 17.6 Å². The van der Waals surface area contributed by atoms with Crippen molar-refractivity contribution in [1.29, 1.82) is 0 Å². The third-order valence-electron chi connectivity index (χ3n) is 2.70. The van der Waals surface area contributed by atoms with Gasteiger partial charge in [-0.2, -0.15) is 0 Å². The summed E-state index contributed by atoms with van der Waals surface area (Å²) in [5.74, 6) is 0.923. The molecule has 0 saturated carbocycles. The van der Waals surface area contributed by atoms with Crippen molar-refractivity contribution in [2.24, 2.45) is 0 Å². The Balaban J connectivity index is 3.08. The minimum Gasteiger partial charge on any atom is -0.478 e. The molecule has 90 valence electrons. The van der Waals surface area contributed by atoms with E-state index < -0.39 is 0 Å². The number of hydrogen-bond donors (Lipinski definition) is 0.